The maximum atomic E-state index is 5.97. The smallest absolute Gasteiger partial charge is 0.160 e. The molecule has 0 radical (unpaired) electrons. The molecule has 2 aliphatic rings. The second-order valence-corrected chi connectivity index (χ2v) is 6.29. The average molecular weight is 299 g/mol. The minimum atomic E-state index is 0.0360. The molecule has 1 saturated carbocycles. The van der Waals surface area contributed by atoms with Gasteiger partial charge in [0.1, 0.15) is 0 Å². The fourth-order valence-electron chi connectivity index (χ4n) is 3.21. The Bertz CT molecular complexity index is 311. The van der Waals surface area contributed by atoms with Gasteiger partial charge < -0.3 is 9.47 Å². The lowest BCUT2D eigenvalue weighted by Gasteiger charge is -2.37. The molecule has 1 saturated heterocycles. The highest BCUT2D eigenvalue weighted by atomic mass is 35.5. The van der Waals surface area contributed by atoms with Crippen molar-refractivity contribution in [2.45, 2.75) is 51.7 Å². The first-order valence-corrected chi connectivity index (χ1v) is 8.38. The minimum absolute atomic E-state index is 0.0360. The van der Waals surface area contributed by atoms with Crippen LogP contribution in [-0.2, 0) is 9.47 Å². The van der Waals surface area contributed by atoms with Gasteiger partial charge in [-0.2, -0.15) is 0 Å². The molecule has 114 valence electrons. The van der Waals surface area contributed by atoms with Gasteiger partial charge in [0.15, 0.2) is 6.29 Å². The fourth-order valence-corrected chi connectivity index (χ4v) is 3.41. The molecular weight excluding hydrogens is 272 g/mol. The Morgan fingerprint density at radius 2 is 1.80 bits per heavy atom. The van der Waals surface area contributed by atoms with E-state index >= 15 is 0 Å². The van der Waals surface area contributed by atoms with Crippen molar-refractivity contribution in [3.8, 4) is 0 Å². The average Bonchev–Trinajstić information content (AvgIpc) is 2.49. The third kappa shape index (κ3) is 4.91. The van der Waals surface area contributed by atoms with Crippen molar-refractivity contribution >= 4 is 11.6 Å². The molecule has 0 aromatic heterocycles. The second kappa shape index (κ2) is 8.86. The highest BCUT2D eigenvalue weighted by Crippen LogP contribution is 2.34. The van der Waals surface area contributed by atoms with Crippen LogP contribution in [0, 0.1) is 17.8 Å². The molecule has 1 heterocycles. The van der Waals surface area contributed by atoms with E-state index in [1.807, 2.05) is 0 Å². The highest BCUT2D eigenvalue weighted by molar-refractivity contribution is 6.25. The van der Waals surface area contributed by atoms with E-state index in [1.165, 1.54) is 32.1 Å². The van der Waals surface area contributed by atoms with E-state index in [2.05, 4.69) is 25.2 Å². The molecule has 0 amide bonds. The number of hydrogen-bond donors (Lipinski definition) is 0. The SMILES string of the molecule is CC=CCCC1COC(C2CCC(C=CCl)CC2)OC1. The Balaban J connectivity index is 1.67. The molecule has 2 nitrogen and oxygen atoms in total. The zero-order chi connectivity index (χ0) is 14.2. The predicted molar refractivity (Wildman–Crippen MR) is 83.7 cm³/mol. The van der Waals surface area contributed by atoms with Gasteiger partial charge in [0.05, 0.1) is 13.2 Å². The Kier molecular flexibility index (Phi) is 7.12. The summed E-state index contributed by atoms with van der Waals surface area (Å²) >= 11 is 5.65. The standard InChI is InChI=1S/C17H27ClO2/c1-2-3-4-5-15-12-19-17(20-13-15)16-8-6-14(7-9-16)10-11-18/h2-3,10-11,14-17H,4-9,12-13H2,1H3. The van der Waals surface area contributed by atoms with Crippen LogP contribution in [-0.4, -0.2) is 19.5 Å². The van der Waals surface area contributed by atoms with Gasteiger partial charge in [0.25, 0.3) is 0 Å². The Labute approximate surface area is 128 Å². The topological polar surface area (TPSA) is 18.5 Å². The van der Waals surface area contributed by atoms with Gasteiger partial charge in [-0.15, -0.1) is 0 Å². The fraction of sp³-hybridized carbons (Fsp3) is 0.765. The summed E-state index contributed by atoms with van der Waals surface area (Å²) in [5.74, 6) is 1.80. The van der Waals surface area contributed by atoms with Crippen molar-refractivity contribution in [2.24, 2.45) is 17.8 Å². The molecule has 0 unspecified atom stereocenters. The van der Waals surface area contributed by atoms with Gasteiger partial charge in [0, 0.05) is 17.4 Å². The summed E-state index contributed by atoms with van der Waals surface area (Å²) in [6.07, 6.45) is 13.6. The first-order chi connectivity index (χ1) is 9.83. The molecule has 0 aromatic rings. The number of halogens is 1. The van der Waals surface area contributed by atoms with E-state index in [4.69, 9.17) is 21.1 Å². The molecule has 20 heavy (non-hydrogen) atoms. The van der Waals surface area contributed by atoms with Crippen molar-refractivity contribution in [1.29, 1.82) is 0 Å². The molecule has 2 rings (SSSR count). The number of hydrogen-bond acceptors (Lipinski definition) is 2. The van der Waals surface area contributed by atoms with E-state index in [1.54, 1.807) is 5.54 Å². The molecule has 0 aromatic carbocycles. The summed E-state index contributed by atoms with van der Waals surface area (Å²) in [5.41, 5.74) is 1.66. The number of ether oxygens (including phenoxy) is 2. The summed E-state index contributed by atoms with van der Waals surface area (Å²) in [4.78, 5) is 0. The van der Waals surface area contributed by atoms with Crippen molar-refractivity contribution in [1.82, 2.24) is 0 Å². The molecule has 0 spiro atoms. The van der Waals surface area contributed by atoms with Crippen LogP contribution in [0.1, 0.15) is 45.4 Å². The van der Waals surface area contributed by atoms with Crippen molar-refractivity contribution < 1.29 is 9.47 Å². The van der Waals surface area contributed by atoms with Crippen molar-refractivity contribution in [2.75, 3.05) is 13.2 Å². The third-order valence-corrected chi connectivity index (χ3v) is 4.66. The quantitative estimate of drug-likeness (QED) is 0.673. The van der Waals surface area contributed by atoms with E-state index in [-0.39, 0.29) is 6.29 Å². The largest absolute Gasteiger partial charge is 0.352 e. The van der Waals surface area contributed by atoms with Crippen LogP contribution in [0.2, 0.25) is 0 Å². The number of rotatable bonds is 5. The van der Waals surface area contributed by atoms with Crippen LogP contribution >= 0.6 is 11.6 Å². The lowest BCUT2D eigenvalue weighted by Crippen LogP contribution is -2.38. The van der Waals surface area contributed by atoms with Crippen LogP contribution in [0.15, 0.2) is 23.8 Å². The van der Waals surface area contributed by atoms with Crippen LogP contribution < -0.4 is 0 Å². The van der Waals surface area contributed by atoms with Gasteiger partial charge in [-0.25, -0.2) is 0 Å². The first-order valence-electron chi connectivity index (χ1n) is 7.94. The van der Waals surface area contributed by atoms with Crippen LogP contribution in [0.3, 0.4) is 0 Å². The Morgan fingerprint density at radius 3 is 2.40 bits per heavy atom. The maximum absolute atomic E-state index is 5.97. The first kappa shape index (κ1) is 16.1. The highest BCUT2D eigenvalue weighted by Gasteiger charge is 2.31. The summed E-state index contributed by atoms with van der Waals surface area (Å²) in [5, 5.41) is 0. The van der Waals surface area contributed by atoms with Gasteiger partial charge in [-0.3, -0.25) is 0 Å². The summed E-state index contributed by atoms with van der Waals surface area (Å²) < 4.78 is 11.9. The molecular formula is C17H27ClO2. The zero-order valence-corrected chi connectivity index (χ0v) is 13.2. The monoisotopic (exact) mass is 298 g/mol. The molecule has 3 heteroatoms. The number of allylic oxidation sites excluding steroid dienone is 3. The molecule has 2 fully saturated rings. The molecule has 1 aliphatic heterocycles. The van der Waals surface area contributed by atoms with Crippen LogP contribution in [0.4, 0.5) is 0 Å². The summed E-state index contributed by atoms with van der Waals surface area (Å²) in [6, 6.07) is 0. The van der Waals surface area contributed by atoms with E-state index in [9.17, 15) is 0 Å². The second-order valence-electron chi connectivity index (χ2n) is 6.04. The Hall–Kier alpha value is -0.310. The van der Waals surface area contributed by atoms with Gasteiger partial charge in [0.2, 0.25) is 0 Å². The normalized spacial score (nSPS) is 35.9. The molecule has 0 bridgehead atoms. The third-order valence-electron chi connectivity index (χ3n) is 4.52. The lowest BCUT2D eigenvalue weighted by molar-refractivity contribution is -0.229. The molecule has 0 atom stereocenters. The van der Waals surface area contributed by atoms with E-state index in [0.29, 0.717) is 17.8 Å². The lowest BCUT2D eigenvalue weighted by atomic mass is 9.81. The van der Waals surface area contributed by atoms with Crippen LogP contribution in [0.25, 0.3) is 0 Å². The predicted octanol–water partition coefficient (Wildman–Crippen LogP) is 4.89. The minimum Gasteiger partial charge on any atom is -0.352 e. The zero-order valence-electron chi connectivity index (χ0n) is 12.5. The Morgan fingerprint density at radius 1 is 1.10 bits per heavy atom. The van der Waals surface area contributed by atoms with Crippen molar-refractivity contribution in [3.05, 3.63) is 23.8 Å². The molecule has 0 N–H and O–H groups in total. The van der Waals surface area contributed by atoms with Gasteiger partial charge in [-0.05, 0) is 51.4 Å². The van der Waals surface area contributed by atoms with E-state index < -0.39 is 0 Å². The molecule has 1 aliphatic carbocycles. The van der Waals surface area contributed by atoms with Crippen LogP contribution in [0.5, 0.6) is 0 Å². The van der Waals surface area contributed by atoms with Gasteiger partial charge in [-0.1, -0.05) is 29.8 Å². The van der Waals surface area contributed by atoms with Crippen molar-refractivity contribution in [3.63, 3.8) is 0 Å². The van der Waals surface area contributed by atoms with E-state index in [0.717, 1.165) is 19.6 Å². The van der Waals surface area contributed by atoms with Gasteiger partial charge >= 0.3 is 0 Å². The summed E-state index contributed by atoms with van der Waals surface area (Å²) in [6.45, 7) is 3.80. The summed E-state index contributed by atoms with van der Waals surface area (Å²) in [7, 11) is 0. The maximum Gasteiger partial charge on any atom is 0.160 e.